The van der Waals surface area contributed by atoms with E-state index in [-0.39, 0.29) is 18.1 Å². The van der Waals surface area contributed by atoms with E-state index in [0.717, 1.165) is 11.3 Å². The summed E-state index contributed by atoms with van der Waals surface area (Å²) in [6.07, 6.45) is -0.579. The highest BCUT2D eigenvalue weighted by molar-refractivity contribution is 5.80. The second-order valence-corrected chi connectivity index (χ2v) is 7.44. The summed E-state index contributed by atoms with van der Waals surface area (Å²) < 4.78 is 16.4. The standard InChI is InChI=1S/C21H25NO4/c1-14(26-17-8-6-16(7-9-17)21(2,3)4)20(23)22-12-15-5-10-18-19(11-15)25-13-24-18/h5-11,14H,12-13H2,1-4H3,(H,22,23)/t14-/m0/s1. The van der Waals surface area contributed by atoms with Crippen molar-refractivity contribution in [1.29, 1.82) is 0 Å². The number of hydrogen-bond acceptors (Lipinski definition) is 4. The van der Waals surface area contributed by atoms with E-state index in [1.54, 1.807) is 6.92 Å². The third-order valence-corrected chi connectivity index (χ3v) is 4.31. The average molecular weight is 355 g/mol. The second-order valence-electron chi connectivity index (χ2n) is 7.44. The minimum Gasteiger partial charge on any atom is -0.481 e. The number of ether oxygens (including phenoxy) is 3. The van der Waals surface area contributed by atoms with E-state index in [1.165, 1.54) is 5.56 Å². The van der Waals surface area contributed by atoms with Crippen LogP contribution >= 0.6 is 0 Å². The van der Waals surface area contributed by atoms with Gasteiger partial charge in [-0.3, -0.25) is 4.79 Å². The van der Waals surface area contributed by atoms with Crippen LogP contribution in [-0.2, 0) is 16.8 Å². The molecule has 138 valence electrons. The first-order valence-corrected chi connectivity index (χ1v) is 8.76. The molecule has 1 aliphatic rings. The topological polar surface area (TPSA) is 56.8 Å². The molecule has 0 fully saturated rings. The van der Waals surface area contributed by atoms with Gasteiger partial charge in [0.1, 0.15) is 5.75 Å². The molecule has 2 aromatic carbocycles. The normalized spacial score (nSPS) is 14.0. The van der Waals surface area contributed by atoms with Gasteiger partial charge in [-0.15, -0.1) is 0 Å². The van der Waals surface area contributed by atoms with Gasteiger partial charge in [0.25, 0.3) is 5.91 Å². The van der Waals surface area contributed by atoms with Gasteiger partial charge in [0.2, 0.25) is 6.79 Å². The number of rotatable bonds is 5. The van der Waals surface area contributed by atoms with Crippen LogP contribution in [0.3, 0.4) is 0 Å². The molecule has 0 bridgehead atoms. The summed E-state index contributed by atoms with van der Waals surface area (Å²) in [5.41, 5.74) is 2.26. The number of nitrogens with one attached hydrogen (secondary N) is 1. The molecule has 2 aromatic rings. The Balaban J connectivity index is 1.53. The second kappa shape index (κ2) is 7.28. The van der Waals surface area contributed by atoms with Crippen molar-refractivity contribution in [2.45, 2.75) is 45.8 Å². The van der Waals surface area contributed by atoms with Gasteiger partial charge < -0.3 is 19.5 Å². The number of fused-ring (bicyclic) bond motifs is 1. The summed E-state index contributed by atoms with van der Waals surface area (Å²) >= 11 is 0. The summed E-state index contributed by atoms with van der Waals surface area (Å²) in [5, 5.41) is 2.89. The van der Waals surface area contributed by atoms with Crippen LogP contribution in [0, 0.1) is 0 Å². The third kappa shape index (κ3) is 4.28. The first-order valence-electron chi connectivity index (χ1n) is 8.76. The number of carbonyl (C=O) groups is 1. The molecule has 3 rings (SSSR count). The molecule has 0 spiro atoms. The van der Waals surface area contributed by atoms with Crippen LogP contribution in [0.15, 0.2) is 42.5 Å². The molecule has 0 saturated carbocycles. The van der Waals surface area contributed by atoms with Crippen molar-refractivity contribution in [3.05, 3.63) is 53.6 Å². The summed E-state index contributed by atoms with van der Waals surface area (Å²) in [6, 6.07) is 13.5. The number of hydrogen-bond donors (Lipinski definition) is 1. The number of carbonyl (C=O) groups excluding carboxylic acids is 1. The van der Waals surface area contributed by atoms with Crippen molar-refractivity contribution in [2.24, 2.45) is 0 Å². The fourth-order valence-corrected chi connectivity index (χ4v) is 2.67. The lowest BCUT2D eigenvalue weighted by atomic mass is 9.87. The van der Waals surface area contributed by atoms with Crippen LogP contribution in [0.1, 0.15) is 38.8 Å². The lowest BCUT2D eigenvalue weighted by Crippen LogP contribution is -2.35. The minimum atomic E-state index is -0.579. The van der Waals surface area contributed by atoms with Gasteiger partial charge in [0.15, 0.2) is 17.6 Å². The molecule has 1 amide bonds. The summed E-state index contributed by atoms with van der Waals surface area (Å²) in [7, 11) is 0. The summed E-state index contributed by atoms with van der Waals surface area (Å²) in [5.74, 6) is 1.96. The van der Waals surface area contributed by atoms with Crippen LogP contribution in [0.5, 0.6) is 17.2 Å². The average Bonchev–Trinajstić information content (AvgIpc) is 3.07. The van der Waals surface area contributed by atoms with Gasteiger partial charge >= 0.3 is 0 Å². The molecule has 0 aliphatic carbocycles. The molecule has 5 nitrogen and oxygen atoms in total. The largest absolute Gasteiger partial charge is 0.481 e. The van der Waals surface area contributed by atoms with Crippen LogP contribution in [0.4, 0.5) is 0 Å². The summed E-state index contributed by atoms with van der Waals surface area (Å²) in [6.45, 7) is 8.88. The maximum absolute atomic E-state index is 12.3. The van der Waals surface area contributed by atoms with E-state index in [4.69, 9.17) is 14.2 Å². The number of benzene rings is 2. The van der Waals surface area contributed by atoms with Crippen molar-refractivity contribution < 1.29 is 19.0 Å². The van der Waals surface area contributed by atoms with Crippen molar-refractivity contribution in [1.82, 2.24) is 5.32 Å². The van der Waals surface area contributed by atoms with Gasteiger partial charge in [-0.1, -0.05) is 39.0 Å². The van der Waals surface area contributed by atoms with E-state index in [9.17, 15) is 4.79 Å². The highest BCUT2D eigenvalue weighted by Gasteiger charge is 2.17. The fraction of sp³-hybridized carbons (Fsp3) is 0.381. The van der Waals surface area contributed by atoms with Gasteiger partial charge in [0, 0.05) is 6.54 Å². The molecular weight excluding hydrogens is 330 g/mol. The molecule has 26 heavy (non-hydrogen) atoms. The first kappa shape index (κ1) is 18.1. The molecule has 0 saturated heterocycles. The van der Waals surface area contributed by atoms with Gasteiger partial charge in [-0.05, 0) is 47.7 Å². The third-order valence-electron chi connectivity index (χ3n) is 4.31. The molecule has 5 heteroatoms. The Morgan fingerprint density at radius 1 is 1.12 bits per heavy atom. The smallest absolute Gasteiger partial charge is 0.261 e. The van der Waals surface area contributed by atoms with Crippen molar-refractivity contribution in [2.75, 3.05) is 6.79 Å². The molecule has 0 aromatic heterocycles. The monoisotopic (exact) mass is 355 g/mol. The quantitative estimate of drug-likeness (QED) is 0.886. The fourth-order valence-electron chi connectivity index (χ4n) is 2.67. The van der Waals surface area contributed by atoms with Crippen LogP contribution in [-0.4, -0.2) is 18.8 Å². The zero-order valence-electron chi connectivity index (χ0n) is 15.7. The zero-order valence-corrected chi connectivity index (χ0v) is 15.7. The predicted molar refractivity (Wildman–Crippen MR) is 99.6 cm³/mol. The lowest BCUT2D eigenvalue weighted by Gasteiger charge is -2.20. The van der Waals surface area contributed by atoms with Crippen LogP contribution in [0.25, 0.3) is 0 Å². The maximum Gasteiger partial charge on any atom is 0.261 e. The highest BCUT2D eigenvalue weighted by Crippen LogP contribution is 2.32. The van der Waals surface area contributed by atoms with Crippen molar-refractivity contribution in [3.8, 4) is 17.2 Å². The minimum absolute atomic E-state index is 0.0894. The van der Waals surface area contributed by atoms with E-state index >= 15 is 0 Å². The molecule has 1 atom stereocenters. The van der Waals surface area contributed by atoms with Crippen LogP contribution < -0.4 is 19.5 Å². The van der Waals surface area contributed by atoms with E-state index < -0.39 is 6.10 Å². The molecule has 1 aliphatic heterocycles. The Bertz CT molecular complexity index is 778. The molecule has 0 unspecified atom stereocenters. The SMILES string of the molecule is C[C@H](Oc1ccc(C(C)(C)C)cc1)C(=O)NCc1ccc2c(c1)OCO2. The Labute approximate surface area is 154 Å². The Kier molecular flexibility index (Phi) is 5.07. The van der Waals surface area contributed by atoms with Gasteiger partial charge in [-0.2, -0.15) is 0 Å². The molecule has 1 heterocycles. The molecule has 0 radical (unpaired) electrons. The van der Waals surface area contributed by atoms with E-state index in [1.807, 2.05) is 42.5 Å². The van der Waals surface area contributed by atoms with Gasteiger partial charge in [0.05, 0.1) is 0 Å². The first-order chi connectivity index (χ1) is 12.3. The van der Waals surface area contributed by atoms with Gasteiger partial charge in [-0.25, -0.2) is 0 Å². The highest BCUT2D eigenvalue weighted by atomic mass is 16.7. The summed E-state index contributed by atoms with van der Waals surface area (Å²) in [4.78, 5) is 12.3. The Morgan fingerprint density at radius 3 is 2.50 bits per heavy atom. The molecular formula is C21H25NO4. The van der Waals surface area contributed by atoms with Crippen molar-refractivity contribution in [3.63, 3.8) is 0 Å². The predicted octanol–water partition coefficient (Wildman–Crippen LogP) is 3.80. The van der Waals surface area contributed by atoms with E-state index in [2.05, 4.69) is 26.1 Å². The van der Waals surface area contributed by atoms with E-state index in [0.29, 0.717) is 18.0 Å². The Hall–Kier alpha value is -2.69. The van der Waals surface area contributed by atoms with Crippen molar-refractivity contribution >= 4 is 5.91 Å². The zero-order chi connectivity index (χ0) is 18.7. The lowest BCUT2D eigenvalue weighted by molar-refractivity contribution is -0.127. The Morgan fingerprint density at radius 2 is 1.81 bits per heavy atom. The molecule has 1 N–H and O–H groups in total. The number of amides is 1. The maximum atomic E-state index is 12.3. The van der Waals surface area contributed by atoms with Crippen LogP contribution in [0.2, 0.25) is 0 Å².